The van der Waals surface area contributed by atoms with Crippen LogP contribution in [0.1, 0.15) is 25.8 Å². The highest BCUT2D eigenvalue weighted by molar-refractivity contribution is 7.92. The van der Waals surface area contributed by atoms with Crippen molar-refractivity contribution >= 4 is 27.3 Å². The molecule has 0 saturated heterocycles. The van der Waals surface area contributed by atoms with E-state index in [-0.39, 0.29) is 17.4 Å². The molecule has 0 heterocycles. The van der Waals surface area contributed by atoms with Gasteiger partial charge in [-0.3, -0.25) is 19.2 Å². The van der Waals surface area contributed by atoms with Gasteiger partial charge in [-0.15, -0.1) is 0 Å². The molecule has 0 aliphatic carbocycles. The third-order valence-electron chi connectivity index (χ3n) is 4.48. The second kappa shape index (κ2) is 9.51. The zero-order valence-electron chi connectivity index (χ0n) is 16.6. The van der Waals surface area contributed by atoms with E-state index in [9.17, 15) is 23.3 Å². The minimum absolute atomic E-state index is 0.0706. The van der Waals surface area contributed by atoms with Crippen LogP contribution in [0.5, 0.6) is 0 Å². The molecule has 0 bridgehead atoms. The van der Waals surface area contributed by atoms with E-state index in [0.29, 0.717) is 6.42 Å². The van der Waals surface area contributed by atoms with Crippen LogP contribution in [0.4, 0.5) is 11.4 Å². The Labute approximate surface area is 170 Å². The molecular formula is C20H25N3O5S. The van der Waals surface area contributed by atoms with Crippen LogP contribution in [0.3, 0.4) is 0 Å². The number of anilines is 1. The molecule has 1 N–H and O–H groups in total. The number of benzene rings is 2. The molecule has 0 aliphatic rings. The summed E-state index contributed by atoms with van der Waals surface area (Å²) in [6.45, 7) is 3.31. The van der Waals surface area contributed by atoms with Crippen molar-refractivity contribution in [3.8, 4) is 0 Å². The van der Waals surface area contributed by atoms with Gasteiger partial charge in [0.05, 0.1) is 16.9 Å². The van der Waals surface area contributed by atoms with E-state index >= 15 is 0 Å². The van der Waals surface area contributed by atoms with Crippen LogP contribution < -0.4 is 9.62 Å². The Morgan fingerprint density at radius 2 is 1.79 bits per heavy atom. The maximum absolute atomic E-state index is 12.7. The summed E-state index contributed by atoms with van der Waals surface area (Å²) in [5.41, 5.74) is 0.970. The average Bonchev–Trinajstić information content (AvgIpc) is 2.66. The molecule has 0 unspecified atom stereocenters. The van der Waals surface area contributed by atoms with E-state index in [0.717, 1.165) is 28.6 Å². The van der Waals surface area contributed by atoms with Gasteiger partial charge in [0, 0.05) is 18.2 Å². The van der Waals surface area contributed by atoms with Crippen molar-refractivity contribution in [3.05, 3.63) is 70.3 Å². The van der Waals surface area contributed by atoms with Crippen LogP contribution in [-0.4, -0.2) is 37.6 Å². The number of hydrogen-bond acceptors (Lipinski definition) is 5. The summed E-state index contributed by atoms with van der Waals surface area (Å²) >= 11 is 0. The Kier molecular flexibility index (Phi) is 7.33. The topological polar surface area (TPSA) is 110 Å². The Morgan fingerprint density at radius 1 is 1.14 bits per heavy atom. The molecule has 2 aromatic carbocycles. The Balaban J connectivity index is 2.12. The molecule has 0 aromatic heterocycles. The number of carbonyl (C=O) groups excluding carboxylic acids is 1. The Hall–Kier alpha value is -2.94. The lowest BCUT2D eigenvalue weighted by Gasteiger charge is -2.29. The van der Waals surface area contributed by atoms with E-state index in [1.165, 1.54) is 25.1 Å². The molecule has 0 aliphatic heterocycles. The second-order valence-electron chi connectivity index (χ2n) is 6.95. The van der Waals surface area contributed by atoms with Crippen molar-refractivity contribution in [2.24, 2.45) is 0 Å². The molecule has 2 atom stereocenters. The lowest BCUT2D eigenvalue weighted by molar-refractivity contribution is -0.384. The molecule has 29 heavy (non-hydrogen) atoms. The average molecular weight is 420 g/mol. The largest absolute Gasteiger partial charge is 0.352 e. The third-order valence-corrected chi connectivity index (χ3v) is 5.72. The molecule has 0 spiro atoms. The van der Waals surface area contributed by atoms with Gasteiger partial charge in [0.2, 0.25) is 15.9 Å². The van der Waals surface area contributed by atoms with Gasteiger partial charge in [-0.05, 0) is 38.3 Å². The summed E-state index contributed by atoms with van der Waals surface area (Å²) < 4.78 is 25.6. The zero-order valence-corrected chi connectivity index (χ0v) is 17.4. The van der Waals surface area contributed by atoms with Gasteiger partial charge in [0.15, 0.2) is 0 Å². The monoisotopic (exact) mass is 419 g/mol. The first-order valence-electron chi connectivity index (χ1n) is 9.17. The number of nitro groups is 1. The van der Waals surface area contributed by atoms with Crippen LogP contribution in [0.25, 0.3) is 0 Å². The summed E-state index contributed by atoms with van der Waals surface area (Å²) in [5.74, 6) is -0.470. The summed E-state index contributed by atoms with van der Waals surface area (Å²) in [6.07, 6.45) is 2.43. The van der Waals surface area contributed by atoms with Gasteiger partial charge in [-0.1, -0.05) is 36.4 Å². The molecule has 156 valence electrons. The standard InChI is InChI=1S/C20H25N3O5S/c1-15(12-13-17-8-5-4-6-9-17)21-20(24)16(2)22(29(3,27)28)18-10-7-11-19(14-18)23(25)26/h4-11,14-16H,12-13H2,1-3H3,(H,21,24)/t15-,16+/m1/s1. The number of sulfonamides is 1. The molecule has 0 fully saturated rings. The fourth-order valence-corrected chi connectivity index (χ4v) is 4.18. The molecule has 1 amide bonds. The second-order valence-corrected chi connectivity index (χ2v) is 8.81. The number of nitrogens with zero attached hydrogens (tertiary/aromatic N) is 2. The van der Waals surface area contributed by atoms with Crippen LogP contribution in [-0.2, 0) is 21.2 Å². The first-order chi connectivity index (χ1) is 13.6. The van der Waals surface area contributed by atoms with Crippen LogP contribution in [0, 0.1) is 10.1 Å². The minimum Gasteiger partial charge on any atom is -0.352 e. The number of aryl methyl sites for hydroxylation is 1. The molecule has 8 nitrogen and oxygen atoms in total. The SMILES string of the molecule is C[C@H](CCc1ccccc1)NC(=O)[C@H](C)N(c1cccc([N+](=O)[O-])c1)S(C)(=O)=O. The third kappa shape index (κ3) is 6.28. The number of nitro benzene ring substituents is 1. The number of non-ortho nitro benzene ring substituents is 1. The van der Waals surface area contributed by atoms with Crippen molar-refractivity contribution in [2.45, 2.75) is 38.8 Å². The first-order valence-corrected chi connectivity index (χ1v) is 11.0. The van der Waals surface area contributed by atoms with Crippen molar-refractivity contribution in [1.29, 1.82) is 0 Å². The molecule has 9 heteroatoms. The van der Waals surface area contributed by atoms with Crippen LogP contribution in [0.2, 0.25) is 0 Å². The summed E-state index contributed by atoms with van der Waals surface area (Å²) in [5, 5.41) is 13.9. The Bertz CT molecular complexity index is 963. The summed E-state index contributed by atoms with van der Waals surface area (Å²) in [6, 6.07) is 13.8. The lowest BCUT2D eigenvalue weighted by atomic mass is 10.1. The number of amides is 1. The quantitative estimate of drug-likeness (QED) is 0.496. The molecule has 0 saturated carbocycles. The van der Waals surface area contributed by atoms with Gasteiger partial charge in [0.25, 0.3) is 5.69 Å². The first kappa shape index (κ1) is 22.4. The van der Waals surface area contributed by atoms with Crippen molar-refractivity contribution in [2.75, 3.05) is 10.6 Å². The van der Waals surface area contributed by atoms with Gasteiger partial charge >= 0.3 is 0 Å². The number of hydrogen-bond donors (Lipinski definition) is 1. The highest BCUT2D eigenvalue weighted by atomic mass is 32.2. The highest BCUT2D eigenvalue weighted by Crippen LogP contribution is 2.25. The fourth-order valence-electron chi connectivity index (χ4n) is 3.02. The van der Waals surface area contributed by atoms with Crippen molar-refractivity contribution < 1.29 is 18.1 Å². The van der Waals surface area contributed by atoms with Crippen LogP contribution in [0.15, 0.2) is 54.6 Å². The zero-order chi connectivity index (χ0) is 21.6. The van der Waals surface area contributed by atoms with Gasteiger partial charge in [0.1, 0.15) is 6.04 Å². The van der Waals surface area contributed by atoms with E-state index in [2.05, 4.69) is 5.32 Å². The fraction of sp³-hybridized carbons (Fsp3) is 0.350. The van der Waals surface area contributed by atoms with E-state index in [4.69, 9.17) is 0 Å². The number of rotatable bonds is 9. The Morgan fingerprint density at radius 3 is 2.38 bits per heavy atom. The summed E-state index contributed by atoms with van der Waals surface area (Å²) in [4.78, 5) is 23.1. The van der Waals surface area contributed by atoms with Gasteiger partial charge in [-0.25, -0.2) is 8.42 Å². The van der Waals surface area contributed by atoms with Gasteiger partial charge < -0.3 is 5.32 Å². The van der Waals surface area contributed by atoms with E-state index in [1.54, 1.807) is 0 Å². The van der Waals surface area contributed by atoms with Crippen molar-refractivity contribution in [1.82, 2.24) is 5.32 Å². The number of nitrogens with one attached hydrogen (secondary N) is 1. The van der Waals surface area contributed by atoms with Crippen molar-refractivity contribution in [3.63, 3.8) is 0 Å². The van der Waals surface area contributed by atoms with E-state index in [1.807, 2.05) is 37.3 Å². The van der Waals surface area contributed by atoms with Gasteiger partial charge in [-0.2, -0.15) is 0 Å². The normalized spacial score (nSPS) is 13.3. The predicted octanol–water partition coefficient (Wildman–Crippen LogP) is 2.89. The van der Waals surface area contributed by atoms with E-state index < -0.39 is 26.9 Å². The molecular weight excluding hydrogens is 394 g/mol. The summed E-state index contributed by atoms with van der Waals surface area (Å²) in [7, 11) is -3.85. The lowest BCUT2D eigenvalue weighted by Crippen LogP contribution is -2.50. The highest BCUT2D eigenvalue weighted by Gasteiger charge is 2.30. The smallest absolute Gasteiger partial charge is 0.271 e. The minimum atomic E-state index is -3.85. The number of carbonyl (C=O) groups is 1. The maximum Gasteiger partial charge on any atom is 0.271 e. The molecule has 0 radical (unpaired) electrons. The molecule has 2 aromatic rings. The predicted molar refractivity (Wildman–Crippen MR) is 112 cm³/mol. The maximum atomic E-state index is 12.7. The van der Waals surface area contributed by atoms with Crippen LogP contribution >= 0.6 is 0 Å². The molecule has 2 rings (SSSR count).